The molecule has 0 unspecified atom stereocenters. The summed E-state index contributed by atoms with van der Waals surface area (Å²) in [5.74, 6) is 0.174. The highest BCUT2D eigenvalue weighted by Gasteiger charge is 2.33. The summed E-state index contributed by atoms with van der Waals surface area (Å²) in [5.41, 5.74) is 1.64. The molecule has 1 N–H and O–H groups in total. The second kappa shape index (κ2) is 7.84. The summed E-state index contributed by atoms with van der Waals surface area (Å²) in [6, 6.07) is 6.41. The van der Waals surface area contributed by atoms with Crippen molar-refractivity contribution in [2.24, 2.45) is 0 Å². The number of aromatic nitrogens is 2. The number of thiazole rings is 1. The predicted molar refractivity (Wildman–Crippen MR) is 108 cm³/mol. The maximum Gasteiger partial charge on any atom is 0.217 e. The normalized spacial score (nSPS) is 22.4. The Morgan fingerprint density at radius 2 is 1.93 bits per heavy atom. The van der Waals surface area contributed by atoms with Crippen LogP contribution in [0.3, 0.4) is 0 Å². The Bertz CT molecular complexity index is 1020. The van der Waals surface area contributed by atoms with Gasteiger partial charge in [0, 0.05) is 37.7 Å². The average Bonchev–Trinajstić information content (AvgIpc) is 3.09. The molecule has 3 aromatic rings. The zero-order valence-corrected chi connectivity index (χ0v) is 16.6. The molecule has 1 aromatic carbocycles. The first kappa shape index (κ1) is 18.7. The quantitative estimate of drug-likeness (QED) is 0.641. The van der Waals surface area contributed by atoms with E-state index in [9.17, 15) is 8.78 Å². The number of pyridine rings is 1. The number of hydrogen-bond donors (Lipinski definition) is 1. The van der Waals surface area contributed by atoms with Crippen molar-refractivity contribution >= 4 is 26.7 Å². The molecule has 1 saturated carbocycles. The van der Waals surface area contributed by atoms with Gasteiger partial charge in [-0.3, -0.25) is 0 Å². The number of hydrogen-bond acceptors (Lipinski definition) is 6. The Kier molecular flexibility index (Phi) is 5.05. The maximum atomic E-state index is 13.8. The number of nitrogens with one attached hydrogen (secondary N) is 1. The molecule has 1 aliphatic carbocycles. The number of nitrogens with zero attached hydrogens (tertiary/aromatic N) is 2. The van der Waals surface area contributed by atoms with Gasteiger partial charge in [0.1, 0.15) is 17.7 Å². The van der Waals surface area contributed by atoms with Gasteiger partial charge in [-0.15, -0.1) is 0 Å². The van der Waals surface area contributed by atoms with Crippen LogP contribution < -0.4 is 10.1 Å². The Hall–Kier alpha value is -2.32. The third-order valence-electron chi connectivity index (χ3n) is 5.56. The second-order valence-electron chi connectivity index (χ2n) is 7.62. The lowest BCUT2D eigenvalue weighted by atomic mass is 9.89. The van der Waals surface area contributed by atoms with Crippen LogP contribution in [0, 0.1) is 11.6 Å². The summed E-state index contributed by atoms with van der Waals surface area (Å²) in [7, 11) is 0. The van der Waals surface area contributed by atoms with Crippen LogP contribution in [0.25, 0.3) is 10.2 Å². The summed E-state index contributed by atoms with van der Waals surface area (Å²) >= 11 is 1.45. The molecule has 0 amide bonds. The first-order chi connectivity index (χ1) is 14.1. The SMILES string of the molecule is Fc1cnc(O[C@H]2C[C@H](Nc3nc4ccc(F)cc4s3)C2)c(C2CCOCC2)c1. The minimum Gasteiger partial charge on any atom is -0.474 e. The third-order valence-corrected chi connectivity index (χ3v) is 6.51. The van der Waals surface area contributed by atoms with Gasteiger partial charge in [0.25, 0.3) is 0 Å². The molecule has 5 nitrogen and oxygen atoms in total. The fourth-order valence-electron chi connectivity index (χ4n) is 3.91. The molecule has 1 aliphatic heterocycles. The topological polar surface area (TPSA) is 56.3 Å². The summed E-state index contributed by atoms with van der Waals surface area (Å²) in [6.45, 7) is 1.37. The Morgan fingerprint density at radius 1 is 1.10 bits per heavy atom. The summed E-state index contributed by atoms with van der Waals surface area (Å²) in [5, 5.41) is 4.19. The number of rotatable bonds is 5. The molecule has 3 heterocycles. The van der Waals surface area contributed by atoms with E-state index in [0.29, 0.717) is 19.1 Å². The van der Waals surface area contributed by atoms with Gasteiger partial charge in [0.05, 0.1) is 16.4 Å². The Labute approximate surface area is 171 Å². The number of fused-ring (bicyclic) bond motifs is 1. The van der Waals surface area contributed by atoms with Gasteiger partial charge in [0.2, 0.25) is 5.88 Å². The van der Waals surface area contributed by atoms with E-state index >= 15 is 0 Å². The van der Waals surface area contributed by atoms with Crippen LogP contribution in [0.2, 0.25) is 0 Å². The number of benzene rings is 1. The van der Waals surface area contributed by atoms with Crippen molar-refractivity contribution in [3.8, 4) is 5.88 Å². The van der Waals surface area contributed by atoms with Crippen molar-refractivity contribution in [2.75, 3.05) is 18.5 Å². The van der Waals surface area contributed by atoms with Gasteiger partial charge in [-0.25, -0.2) is 18.7 Å². The lowest BCUT2D eigenvalue weighted by Crippen LogP contribution is -2.42. The predicted octanol–water partition coefficient (Wildman–Crippen LogP) is 4.89. The molecule has 8 heteroatoms. The molecule has 2 fully saturated rings. The van der Waals surface area contributed by atoms with Gasteiger partial charge in [-0.2, -0.15) is 0 Å². The largest absolute Gasteiger partial charge is 0.474 e. The molecule has 0 spiro atoms. The zero-order valence-electron chi connectivity index (χ0n) is 15.7. The van der Waals surface area contributed by atoms with E-state index in [-0.39, 0.29) is 29.7 Å². The van der Waals surface area contributed by atoms with E-state index in [0.717, 1.165) is 46.6 Å². The Morgan fingerprint density at radius 3 is 2.76 bits per heavy atom. The first-order valence-electron chi connectivity index (χ1n) is 9.86. The minimum atomic E-state index is -0.334. The van der Waals surface area contributed by atoms with Crippen molar-refractivity contribution in [1.82, 2.24) is 9.97 Å². The van der Waals surface area contributed by atoms with Crippen LogP contribution in [-0.2, 0) is 4.74 Å². The van der Waals surface area contributed by atoms with Crippen LogP contribution in [0.4, 0.5) is 13.9 Å². The maximum absolute atomic E-state index is 13.8. The number of halogens is 2. The van der Waals surface area contributed by atoms with Crippen molar-refractivity contribution in [3.63, 3.8) is 0 Å². The summed E-state index contributed by atoms with van der Waals surface area (Å²) in [6.07, 6.45) is 4.60. The first-order valence-corrected chi connectivity index (χ1v) is 10.7. The highest BCUT2D eigenvalue weighted by molar-refractivity contribution is 7.22. The molecular formula is C21H21F2N3O2S. The molecule has 29 heavy (non-hydrogen) atoms. The highest BCUT2D eigenvalue weighted by atomic mass is 32.1. The van der Waals surface area contributed by atoms with Crippen molar-refractivity contribution in [3.05, 3.63) is 47.7 Å². The van der Waals surface area contributed by atoms with Crippen LogP contribution >= 0.6 is 11.3 Å². The molecule has 0 bridgehead atoms. The van der Waals surface area contributed by atoms with Gasteiger partial charge in [-0.1, -0.05) is 11.3 Å². The fourth-order valence-corrected chi connectivity index (χ4v) is 4.88. The minimum absolute atomic E-state index is 0.0378. The van der Waals surface area contributed by atoms with E-state index in [1.54, 1.807) is 12.1 Å². The van der Waals surface area contributed by atoms with E-state index in [4.69, 9.17) is 9.47 Å². The molecule has 2 aliphatic rings. The van der Waals surface area contributed by atoms with Crippen LogP contribution in [0.15, 0.2) is 30.5 Å². The van der Waals surface area contributed by atoms with Crippen LogP contribution in [0.5, 0.6) is 5.88 Å². The Balaban J connectivity index is 1.21. The van der Waals surface area contributed by atoms with E-state index in [2.05, 4.69) is 15.3 Å². The van der Waals surface area contributed by atoms with Gasteiger partial charge in [0.15, 0.2) is 5.13 Å². The van der Waals surface area contributed by atoms with E-state index < -0.39 is 0 Å². The molecule has 5 rings (SSSR count). The molecule has 152 valence electrons. The fraction of sp³-hybridized carbons (Fsp3) is 0.429. The monoisotopic (exact) mass is 417 g/mol. The highest BCUT2D eigenvalue weighted by Crippen LogP contribution is 2.36. The van der Waals surface area contributed by atoms with Gasteiger partial charge < -0.3 is 14.8 Å². The lowest BCUT2D eigenvalue weighted by molar-refractivity contribution is 0.0792. The van der Waals surface area contributed by atoms with Crippen molar-refractivity contribution < 1.29 is 18.3 Å². The molecular weight excluding hydrogens is 396 g/mol. The summed E-state index contributed by atoms with van der Waals surface area (Å²) < 4.78 is 39.5. The van der Waals surface area contributed by atoms with Crippen LogP contribution in [0.1, 0.15) is 37.2 Å². The van der Waals surface area contributed by atoms with Gasteiger partial charge in [-0.05, 0) is 43.0 Å². The molecule has 0 radical (unpaired) electrons. The lowest BCUT2D eigenvalue weighted by Gasteiger charge is -2.36. The molecule has 2 aromatic heterocycles. The molecule has 0 atom stereocenters. The van der Waals surface area contributed by atoms with E-state index in [1.165, 1.54) is 29.7 Å². The zero-order chi connectivity index (χ0) is 19.8. The molecule has 1 saturated heterocycles. The second-order valence-corrected chi connectivity index (χ2v) is 8.65. The standard InChI is InChI=1S/C21H21F2N3O2S/c22-13-1-2-18-19(8-13)29-21(26-18)25-15-9-16(10-15)28-20-17(7-14(23)11-24-20)12-3-5-27-6-4-12/h1-2,7-8,11-12,15-16H,3-6,9-10H2,(H,25,26)/t15-,16-. The average molecular weight is 417 g/mol. The van der Waals surface area contributed by atoms with Crippen LogP contribution in [-0.4, -0.2) is 35.3 Å². The summed E-state index contributed by atoms with van der Waals surface area (Å²) in [4.78, 5) is 8.72. The van der Waals surface area contributed by atoms with Crippen molar-refractivity contribution in [2.45, 2.75) is 43.7 Å². The van der Waals surface area contributed by atoms with Gasteiger partial charge >= 0.3 is 0 Å². The van der Waals surface area contributed by atoms with E-state index in [1.807, 2.05) is 0 Å². The van der Waals surface area contributed by atoms with Crippen molar-refractivity contribution in [1.29, 1.82) is 0 Å². The number of ether oxygens (including phenoxy) is 2. The smallest absolute Gasteiger partial charge is 0.217 e. The third kappa shape index (κ3) is 4.04. The number of anilines is 1.